The quantitative estimate of drug-likeness (QED) is 0.326. The van der Waals surface area contributed by atoms with Crippen molar-refractivity contribution in [3.63, 3.8) is 0 Å². The third-order valence-electron chi connectivity index (χ3n) is 6.74. The summed E-state index contributed by atoms with van der Waals surface area (Å²) in [7, 11) is 0. The van der Waals surface area contributed by atoms with Crippen molar-refractivity contribution >= 4 is 35.0 Å². The van der Waals surface area contributed by atoms with Gasteiger partial charge in [0, 0.05) is 61.7 Å². The van der Waals surface area contributed by atoms with E-state index in [0.29, 0.717) is 30.1 Å². The van der Waals surface area contributed by atoms with Crippen LogP contribution in [0.3, 0.4) is 0 Å². The number of hydrogen-bond donors (Lipinski definition) is 3. The lowest BCUT2D eigenvalue weighted by Gasteiger charge is -2.22. The van der Waals surface area contributed by atoms with E-state index >= 15 is 0 Å². The maximum Gasteiger partial charge on any atom is 0.274 e. The number of benzene rings is 2. The van der Waals surface area contributed by atoms with Crippen molar-refractivity contribution in [2.75, 3.05) is 26.2 Å². The Hall–Kier alpha value is -4.44. The summed E-state index contributed by atoms with van der Waals surface area (Å²) in [4.78, 5) is 44.7. The molecule has 0 radical (unpaired) electrons. The smallest absolute Gasteiger partial charge is 0.274 e. The van der Waals surface area contributed by atoms with Gasteiger partial charge in [-0.15, -0.1) is 0 Å². The average Bonchev–Trinajstić information content (AvgIpc) is 3.36. The van der Waals surface area contributed by atoms with Gasteiger partial charge < -0.3 is 25.0 Å². The van der Waals surface area contributed by atoms with Crippen LogP contribution in [0.15, 0.2) is 60.9 Å². The number of nitrogens with one attached hydrogen (secondary N) is 2. The van der Waals surface area contributed by atoms with E-state index in [1.165, 1.54) is 24.3 Å². The van der Waals surface area contributed by atoms with Crippen molar-refractivity contribution in [3.05, 3.63) is 88.6 Å². The molecule has 0 atom stereocenters. The van der Waals surface area contributed by atoms with Gasteiger partial charge in [-0.2, -0.15) is 0 Å². The maximum atomic E-state index is 14.8. The van der Waals surface area contributed by atoms with Gasteiger partial charge in [-0.1, -0.05) is 17.7 Å². The van der Waals surface area contributed by atoms with Crippen LogP contribution in [-0.2, 0) is 11.2 Å². The molecular formula is C29H27ClFN5O4. The van der Waals surface area contributed by atoms with Crippen LogP contribution < -0.4 is 10.6 Å². The van der Waals surface area contributed by atoms with Gasteiger partial charge in [-0.05, 0) is 60.9 Å². The monoisotopic (exact) mass is 563 g/mol. The van der Waals surface area contributed by atoms with Crippen LogP contribution in [0.4, 0.5) is 4.39 Å². The Kier molecular flexibility index (Phi) is 7.97. The van der Waals surface area contributed by atoms with Gasteiger partial charge in [0.2, 0.25) is 5.91 Å². The SMILES string of the molecule is O=C1CCCN(C(=O)c2cn3cc(Cl)ccc3n2)CCNC(=O)c2ccc(F)c(c2)-c2cc(ccc2O)CCN1. The van der Waals surface area contributed by atoms with Crippen molar-refractivity contribution in [1.29, 1.82) is 0 Å². The van der Waals surface area contributed by atoms with Crippen LogP contribution in [0, 0.1) is 5.82 Å². The first-order chi connectivity index (χ1) is 19.3. The zero-order valence-electron chi connectivity index (χ0n) is 21.5. The second-order valence-electron chi connectivity index (χ2n) is 9.54. The number of rotatable bonds is 1. The molecule has 1 aliphatic heterocycles. The number of amides is 3. The number of aromatic hydroxyl groups is 1. The van der Waals surface area contributed by atoms with E-state index in [1.807, 2.05) is 0 Å². The number of imidazole rings is 1. The molecule has 4 bridgehead atoms. The Bertz CT molecular complexity index is 1600. The van der Waals surface area contributed by atoms with Gasteiger partial charge in [0.05, 0.1) is 5.02 Å². The Morgan fingerprint density at radius 2 is 1.80 bits per heavy atom. The second-order valence-corrected chi connectivity index (χ2v) is 9.97. The number of nitrogens with zero attached hydrogens (tertiary/aromatic N) is 3. The van der Waals surface area contributed by atoms with Crippen LogP contribution in [0.1, 0.15) is 39.3 Å². The molecule has 9 nitrogen and oxygen atoms in total. The Morgan fingerprint density at radius 1 is 0.950 bits per heavy atom. The predicted octanol–water partition coefficient (Wildman–Crippen LogP) is 3.82. The largest absolute Gasteiger partial charge is 0.507 e. The predicted molar refractivity (Wildman–Crippen MR) is 148 cm³/mol. The molecule has 0 aliphatic carbocycles. The third kappa shape index (κ3) is 6.07. The van der Waals surface area contributed by atoms with Crippen molar-refractivity contribution < 1.29 is 23.9 Å². The van der Waals surface area contributed by atoms with Gasteiger partial charge in [0.15, 0.2) is 0 Å². The molecule has 5 rings (SSSR count). The molecule has 11 heteroatoms. The Labute approximate surface area is 234 Å². The van der Waals surface area contributed by atoms with E-state index in [-0.39, 0.29) is 66.0 Å². The fraction of sp³-hybridized carbons (Fsp3) is 0.241. The lowest BCUT2D eigenvalue weighted by atomic mass is 9.98. The summed E-state index contributed by atoms with van der Waals surface area (Å²) >= 11 is 6.05. The molecule has 40 heavy (non-hydrogen) atoms. The number of phenolic OH excluding ortho intramolecular Hbond substituents is 1. The van der Waals surface area contributed by atoms with Crippen molar-refractivity contribution in [2.45, 2.75) is 19.3 Å². The molecule has 0 saturated carbocycles. The number of hydrogen-bond acceptors (Lipinski definition) is 5. The first-order valence-corrected chi connectivity index (χ1v) is 13.3. The summed E-state index contributed by atoms with van der Waals surface area (Å²) < 4.78 is 16.4. The first-order valence-electron chi connectivity index (χ1n) is 12.9. The zero-order valence-corrected chi connectivity index (χ0v) is 22.2. The molecule has 0 unspecified atom stereocenters. The fourth-order valence-electron chi connectivity index (χ4n) is 4.64. The van der Waals surface area contributed by atoms with Gasteiger partial charge in [-0.3, -0.25) is 14.4 Å². The molecule has 0 fully saturated rings. The minimum atomic E-state index is -0.586. The van der Waals surface area contributed by atoms with E-state index in [1.54, 1.807) is 46.0 Å². The summed E-state index contributed by atoms with van der Waals surface area (Å²) in [6.45, 7) is 0.903. The number of carbonyl (C=O) groups is 3. The van der Waals surface area contributed by atoms with E-state index in [9.17, 15) is 23.9 Å². The standard InChI is InChI=1S/C29H27ClFN5O4/c30-20-5-8-26-34-24(17-36(26)16-20)29(40)35-12-1-2-27(38)32-10-9-18-3-7-25(37)22(14-18)21-15-19(4-6-23(21)31)28(39)33-11-13-35/h3-8,14-17,37H,1-2,9-13H2,(H,32,38)(H,33,39). The number of pyridine rings is 1. The highest BCUT2D eigenvalue weighted by atomic mass is 35.5. The van der Waals surface area contributed by atoms with E-state index in [4.69, 9.17) is 11.6 Å². The summed E-state index contributed by atoms with van der Waals surface area (Å²) in [5.74, 6) is -1.67. The Morgan fingerprint density at radius 3 is 2.65 bits per heavy atom. The van der Waals surface area contributed by atoms with Crippen LogP contribution in [-0.4, -0.2) is 63.3 Å². The number of halogens is 2. The van der Waals surface area contributed by atoms with Crippen molar-refractivity contribution in [3.8, 4) is 16.9 Å². The van der Waals surface area contributed by atoms with Crippen molar-refractivity contribution in [1.82, 2.24) is 24.9 Å². The topological polar surface area (TPSA) is 116 Å². The molecule has 206 valence electrons. The van der Waals surface area contributed by atoms with Gasteiger partial charge in [0.1, 0.15) is 22.9 Å². The molecule has 0 spiro atoms. The highest BCUT2D eigenvalue weighted by Gasteiger charge is 2.21. The van der Waals surface area contributed by atoms with E-state index < -0.39 is 11.7 Å². The van der Waals surface area contributed by atoms with Crippen LogP contribution >= 0.6 is 11.6 Å². The van der Waals surface area contributed by atoms with Gasteiger partial charge in [0.25, 0.3) is 11.8 Å². The van der Waals surface area contributed by atoms with Crippen LogP contribution in [0.25, 0.3) is 16.8 Å². The summed E-state index contributed by atoms with van der Waals surface area (Å²) in [5.41, 5.74) is 2.11. The molecule has 1 aliphatic rings. The Balaban J connectivity index is 1.40. The molecule has 2 aromatic carbocycles. The highest BCUT2D eigenvalue weighted by Crippen LogP contribution is 2.33. The summed E-state index contributed by atoms with van der Waals surface area (Å²) in [5, 5.41) is 16.6. The van der Waals surface area contributed by atoms with E-state index in [2.05, 4.69) is 15.6 Å². The highest BCUT2D eigenvalue weighted by molar-refractivity contribution is 6.30. The lowest BCUT2D eigenvalue weighted by Crippen LogP contribution is -2.39. The zero-order chi connectivity index (χ0) is 28.2. The molecule has 3 amide bonds. The number of aromatic nitrogens is 2. The van der Waals surface area contributed by atoms with Crippen molar-refractivity contribution in [2.24, 2.45) is 0 Å². The van der Waals surface area contributed by atoms with E-state index in [0.717, 1.165) is 5.56 Å². The third-order valence-corrected chi connectivity index (χ3v) is 6.96. The number of phenols is 1. The fourth-order valence-corrected chi connectivity index (χ4v) is 4.81. The average molecular weight is 564 g/mol. The lowest BCUT2D eigenvalue weighted by molar-refractivity contribution is -0.121. The van der Waals surface area contributed by atoms with Gasteiger partial charge in [-0.25, -0.2) is 9.37 Å². The molecule has 3 heterocycles. The maximum absolute atomic E-state index is 14.8. The first kappa shape index (κ1) is 27.1. The second kappa shape index (κ2) is 11.7. The summed E-state index contributed by atoms with van der Waals surface area (Å²) in [6, 6.07) is 12.2. The molecule has 0 saturated heterocycles. The molecule has 4 aromatic rings. The van der Waals surface area contributed by atoms with Crippen LogP contribution in [0.5, 0.6) is 5.75 Å². The molecule has 3 N–H and O–H groups in total. The molecular weight excluding hydrogens is 537 g/mol. The molecule has 2 aromatic heterocycles. The van der Waals surface area contributed by atoms with Gasteiger partial charge >= 0.3 is 0 Å². The number of fused-ring (bicyclic) bond motifs is 6. The number of carbonyl (C=O) groups excluding carboxylic acids is 3. The minimum absolute atomic E-state index is 0.0842. The minimum Gasteiger partial charge on any atom is -0.507 e. The normalized spacial score (nSPS) is 15.2. The summed E-state index contributed by atoms with van der Waals surface area (Å²) in [6.07, 6.45) is 4.31. The van der Waals surface area contributed by atoms with Crippen LogP contribution in [0.2, 0.25) is 5.02 Å².